The number of hydrogen-bond acceptors (Lipinski definition) is 7. The summed E-state index contributed by atoms with van der Waals surface area (Å²) in [4.78, 5) is 4.08. The number of nitrogen functional groups attached to an aromatic ring is 1. The molecule has 7 nitrogen and oxygen atoms in total. The molecule has 0 saturated carbocycles. The van der Waals surface area contributed by atoms with E-state index in [1.165, 1.54) is 4.57 Å². The van der Waals surface area contributed by atoms with Gasteiger partial charge in [0.1, 0.15) is 24.1 Å². The fraction of sp³-hybridized carbons (Fsp3) is 0.385. The lowest BCUT2D eigenvalue weighted by Crippen LogP contribution is -2.50. The summed E-state index contributed by atoms with van der Waals surface area (Å²) in [7, 11) is 0. The molecule has 0 aliphatic carbocycles. The van der Waals surface area contributed by atoms with Crippen molar-refractivity contribution in [2.24, 2.45) is 0 Å². The predicted molar refractivity (Wildman–Crippen MR) is 78.0 cm³/mol. The monoisotopic (exact) mass is 309 g/mol. The molecule has 1 saturated heterocycles. The summed E-state index contributed by atoms with van der Waals surface area (Å²) in [6.07, 6.45) is -4.72. The summed E-state index contributed by atoms with van der Waals surface area (Å²) < 4.78 is 7.08. The summed E-state index contributed by atoms with van der Waals surface area (Å²) in [5, 5.41) is 30.2. The van der Waals surface area contributed by atoms with Gasteiger partial charge >= 0.3 is 0 Å². The number of aliphatic hydroxyl groups excluding tert-OH is 3. The number of ether oxygens (including phenoxy) is 1. The van der Waals surface area contributed by atoms with Crippen molar-refractivity contribution >= 4 is 28.9 Å². The molecule has 1 aliphatic heterocycles. The minimum atomic E-state index is -1.32. The quantitative estimate of drug-likeness (QED) is 0.547. The van der Waals surface area contributed by atoms with Crippen molar-refractivity contribution in [2.75, 3.05) is 12.3 Å². The number of fused-ring (bicyclic) bond motifs is 1. The van der Waals surface area contributed by atoms with Crippen molar-refractivity contribution in [3.63, 3.8) is 0 Å². The van der Waals surface area contributed by atoms with Crippen LogP contribution in [-0.2, 0) is 4.74 Å². The Morgan fingerprint density at radius 3 is 2.71 bits per heavy atom. The van der Waals surface area contributed by atoms with Gasteiger partial charge < -0.3 is 25.8 Å². The minimum Gasteiger partial charge on any atom is -0.388 e. The van der Waals surface area contributed by atoms with Crippen molar-refractivity contribution in [1.29, 1.82) is 0 Å². The lowest BCUT2D eigenvalue weighted by molar-refractivity contribution is -0.210. The minimum absolute atomic E-state index is 0.108. The highest BCUT2D eigenvalue weighted by atomic mass is 32.1. The van der Waals surface area contributed by atoms with E-state index in [0.29, 0.717) is 10.9 Å². The highest BCUT2D eigenvalue weighted by Gasteiger charge is 2.39. The average molecular weight is 309 g/mol. The molecule has 1 fully saturated rings. The van der Waals surface area contributed by atoms with Crippen molar-refractivity contribution < 1.29 is 20.1 Å². The van der Waals surface area contributed by atoms with Crippen LogP contribution in [0.25, 0.3) is 10.9 Å². The van der Waals surface area contributed by atoms with Gasteiger partial charge in [-0.3, -0.25) is 4.57 Å². The van der Waals surface area contributed by atoms with Gasteiger partial charge in [0, 0.05) is 5.39 Å². The smallest absolute Gasteiger partial charge is 0.204 e. The fourth-order valence-electron chi connectivity index (χ4n) is 2.48. The molecule has 4 atom stereocenters. The summed E-state index contributed by atoms with van der Waals surface area (Å²) >= 11 is 5.21. The predicted octanol–water partition coefficient (Wildman–Crippen LogP) is -0.0405. The van der Waals surface area contributed by atoms with Crippen LogP contribution in [0.1, 0.15) is 6.23 Å². The maximum atomic E-state index is 10.2. The van der Waals surface area contributed by atoms with Crippen LogP contribution in [0.5, 0.6) is 0 Å². The lowest BCUT2D eigenvalue weighted by atomic mass is 10.0. The number of para-hydroxylation sites is 1. The van der Waals surface area contributed by atoms with Crippen LogP contribution in [0.15, 0.2) is 24.3 Å². The van der Waals surface area contributed by atoms with Gasteiger partial charge in [0.2, 0.25) is 4.77 Å². The van der Waals surface area contributed by atoms with Crippen LogP contribution in [0.3, 0.4) is 0 Å². The van der Waals surface area contributed by atoms with Gasteiger partial charge in [-0.1, -0.05) is 12.1 Å². The van der Waals surface area contributed by atoms with Gasteiger partial charge in [0.05, 0.1) is 12.1 Å². The maximum Gasteiger partial charge on any atom is 0.204 e. The summed E-state index contributed by atoms with van der Waals surface area (Å²) in [6.45, 7) is -0.108. The van der Waals surface area contributed by atoms with Crippen LogP contribution in [-0.4, -0.2) is 49.8 Å². The molecule has 0 unspecified atom stereocenters. The molecule has 21 heavy (non-hydrogen) atoms. The molecule has 0 spiro atoms. The van der Waals surface area contributed by atoms with Gasteiger partial charge in [-0.2, -0.15) is 0 Å². The van der Waals surface area contributed by atoms with E-state index in [2.05, 4.69) is 4.98 Å². The average Bonchev–Trinajstić information content (AvgIpc) is 2.47. The highest BCUT2D eigenvalue weighted by molar-refractivity contribution is 7.71. The standard InChI is InChI=1S/C13H15N3O4S/c14-11-6-3-1-2-4-7(6)16(13(21)15-11)12-10(19)9(18)8(17)5-20-12/h1-4,8-10,12,17-19H,5H2,(H2,14,15,21)/t8-,9+,10-,12-/m0/s1. The number of nitrogens with zero attached hydrogens (tertiary/aromatic N) is 2. The summed E-state index contributed by atoms with van der Waals surface area (Å²) in [5.74, 6) is 0.290. The number of benzene rings is 1. The van der Waals surface area contributed by atoms with E-state index < -0.39 is 24.5 Å². The Bertz CT molecular complexity index is 735. The molecule has 0 radical (unpaired) electrons. The largest absolute Gasteiger partial charge is 0.388 e. The van der Waals surface area contributed by atoms with Crippen LogP contribution >= 0.6 is 12.2 Å². The second-order valence-electron chi connectivity index (χ2n) is 4.94. The topological polar surface area (TPSA) is 114 Å². The molecule has 2 heterocycles. The van der Waals surface area contributed by atoms with E-state index in [9.17, 15) is 15.3 Å². The molecule has 0 amide bonds. The molecule has 1 aromatic heterocycles. The SMILES string of the molecule is Nc1nc(=S)n([C@H]2OC[C@H](O)[C@@H](O)[C@@H]2O)c2ccccc12. The molecule has 0 bridgehead atoms. The number of aliphatic hydroxyl groups is 3. The normalized spacial score (nSPS) is 29.7. The number of nitrogens with two attached hydrogens (primary N) is 1. The Balaban J connectivity index is 2.19. The Morgan fingerprint density at radius 2 is 1.95 bits per heavy atom. The Hall–Kier alpha value is -1.58. The van der Waals surface area contributed by atoms with E-state index in [4.69, 9.17) is 22.7 Å². The number of rotatable bonds is 1. The van der Waals surface area contributed by atoms with E-state index in [0.717, 1.165) is 0 Å². The zero-order chi connectivity index (χ0) is 15.1. The second-order valence-corrected chi connectivity index (χ2v) is 5.30. The van der Waals surface area contributed by atoms with Crippen molar-refractivity contribution in [1.82, 2.24) is 9.55 Å². The van der Waals surface area contributed by atoms with E-state index >= 15 is 0 Å². The maximum absolute atomic E-state index is 10.2. The fourth-order valence-corrected chi connectivity index (χ4v) is 2.78. The van der Waals surface area contributed by atoms with E-state index in [1.807, 2.05) is 6.07 Å². The van der Waals surface area contributed by atoms with Crippen LogP contribution in [0, 0.1) is 4.77 Å². The van der Waals surface area contributed by atoms with Gasteiger partial charge in [0.25, 0.3) is 0 Å². The van der Waals surface area contributed by atoms with E-state index in [-0.39, 0.29) is 17.2 Å². The molecular weight excluding hydrogens is 294 g/mol. The van der Waals surface area contributed by atoms with Crippen molar-refractivity contribution in [3.8, 4) is 0 Å². The Morgan fingerprint density at radius 1 is 1.24 bits per heavy atom. The first-order valence-corrected chi connectivity index (χ1v) is 6.84. The van der Waals surface area contributed by atoms with Gasteiger partial charge in [-0.15, -0.1) is 0 Å². The third-order valence-electron chi connectivity index (χ3n) is 3.59. The molecule has 3 rings (SSSR count). The molecule has 8 heteroatoms. The highest BCUT2D eigenvalue weighted by Crippen LogP contribution is 2.29. The first kappa shape index (κ1) is 14.4. The Labute approximate surface area is 125 Å². The molecule has 2 aromatic rings. The zero-order valence-corrected chi connectivity index (χ0v) is 11.8. The summed E-state index contributed by atoms with van der Waals surface area (Å²) in [5.41, 5.74) is 6.50. The van der Waals surface area contributed by atoms with Gasteiger partial charge in [-0.05, 0) is 24.4 Å². The molecule has 1 aliphatic rings. The third-order valence-corrected chi connectivity index (χ3v) is 3.88. The van der Waals surface area contributed by atoms with Crippen LogP contribution < -0.4 is 5.73 Å². The van der Waals surface area contributed by atoms with Crippen LogP contribution in [0.2, 0.25) is 0 Å². The molecular formula is C13H15N3O4S. The van der Waals surface area contributed by atoms with Crippen LogP contribution in [0.4, 0.5) is 5.82 Å². The number of anilines is 1. The number of aromatic nitrogens is 2. The van der Waals surface area contributed by atoms with Crippen molar-refractivity contribution in [3.05, 3.63) is 29.0 Å². The first-order valence-electron chi connectivity index (χ1n) is 6.43. The zero-order valence-electron chi connectivity index (χ0n) is 11.0. The van der Waals surface area contributed by atoms with E-state index in [1.54, 1.807) is 18.2 Å². The second kappa shape index (κ2) is 5.32. The first-order chi connectivity index (χ1) is 10.0. The molecule has 112 valence electrons. The van der Waals surface area contributed by atoms with Gasteiger partial charge in [-0.25, -0.2) is 4.98 Å². The summed E-state index contributed by atoms with van der Waals surface area (Å²) in [6, 6.07) is 7.16. The van der Waals surface area contributed by atoms with Gasteiger partial charge in [0.15, 0.2) is 6.23 Å². The van der Waals surface area contributed by atoms with Crippen molar-refractivity contribution in [2.45, 2.75) is 24.5 Å². The lowest BCUT2D eigenvalue weighted by Gasteiger charge is -2.36. The molecule has 5 N–H and O–H groups in total. The Kier molecular flexibility index (Phi) is 3.64. The number of hydrogen-bond donors (Lipinski definition) is 4. The molecule has 1 aromatic carbocycles. The third kappa shape index (κ3) is 2.30.